The summed E-state index contributed by atoms with van der Waals surface area (Å²) in [5.41, 5.74) is 6.25. The van der Waals surface area contributed by atoms with Gasteiger partial charge in [-0.05, 0) is 13.0 Å². The first kappa shape index (κ1) is 11.9. The maximum Gasteiger partial charge on any atom is 0.148 e. The number of rotatable bonds is 5. The highest BCUT2D eigenvalue weighted by Gasteiger charge is 2.09. The van der Waals surface area contributed by atoms with Gasteiger partial charge in [-0.15, -0.1) is 0 Å². The number of nitrogens with zero attached hydrogens (tertiary/aromatic N) is 1. The van der Waals surface area contributed by atoms with Gasteiger partial charge in [-0.2, -0.15) is 0 Å². The summed E-state index contributed by atoms with van der Waals surface area (Å²) >= 11 is 4.91. The summed E-state index contributed by atoms with van der Waals surface area (Å²) in [6, 6.07) is 1.73. The quantitative estimate of drug-likeness (QED) is 0.763. The lowest BCUT2D eigenvalue weighted by Crippen LogP contribution is -2.20. The number of pyridine rings is 1. The Morgan fingerprint density at radius 3 is 3.00 bits per heavy atom. The van der Waals surface area contributed by atoms with Crippen molar-refractivity contribution in [1.82, 2.24) is 4.98 Å². The highest BCUT2D eigenvalue weighted by atomic mass is 32.1. The third-order valence-corrected chi connectivity index (χ3v) is 2.00. The molecule has 0 radical (unpaired) electrons. The highest BCUT2D eigenvalue weighted by Crippen LogP contribution is 2.17. The molecule has 0 saturated heterocycles. The molecule has 0 aliphatic rings. The Morgan fingerprint density at radius 1 is 1.67 bits per heavy atom. The minimum atomic E-state index is -0.0627. The second kappa shape index (κ2) is 5.63. The Bertz CT molecular complexity index is 344. The Balaban J connectivity index is 2.79. The number of nitrogens with two attached hydrogens (primary N) is 1. The molecule has 1 heterocycles. The molecule has 82 valence electrons. The number of ether oxygens (including phenoxy) is 2. The summed E-state index contributed by atoms with van der Waals surface area (Å²) in [7, 11) is 1.62. The molecule has 0 aromatic carbocycles. The van der Waals surface area contributed by atoms with Crippen LogP contribution in [0.4, 0.5) is 0 Å². The molecule has 1 atom stereocenters. The van der Waals surface area contributed by atoms with Crippen LogP contribution in [0.3, 0.4) is 0 Å². The van der Waals surface area contributed by atoms with Crippen molar-refractivity contribution in [2.24, 2.45) is 5.73 Å². The molecular formula is C10H14N2O2S. The zero-order valence-corrected chi connectivity index (χ0v) is 9.58. The van der Waals surface area contributed by atoms with E-state index in [1.54, 1.807) is 25.6 Å². The number of hydrogen-bond donors (Lipinski definition) is 1. The van der Waals surface area contributed by atoms with Gasteiger partial charge >= 0.3 is 0 Å². The molecule has 0 aliphatic heterocycles. The van der Waals surface area contributed by atoms with Crippen LogP contribution in [0.5, 0.6) is 5.75 Å². The van der Waals surface area contributed by atoms with E-state index in [-0.39, 0.29) is 6.10 Å². The van der Waals surface area contributed by atoms with Gasteiger partial charge in [0.2, 0.25) is 0 Å². The van der Waals surface area contributed by atoms with Gasteiger partial charge in [0, 0.05) is 13.3 Å². The zero-order chi connectivity index (χ0) is 11.3. The van der Waals surface area contributed by atoms with Crippen molar-refractivity contribution in [3.8, 4) is 5.75 Å². The Morgan fingerprint density at radius 2 is 2.40 bits per heavy atom. The minimum Gasteiger partial charge on any atom is -0.486 e. The first-order chi connectivity index (χ1) is 7.15. The SMILES string of the molecule is COCC(C)Oc1cnccc1C(N)=S. The average molecular weight is 226 g/mol. The van der Waals surface area contributed by atoms with Gasteiger partial charge in [0.25, 0.3) is 0 Å². The Labute approximate surface area is 94.4 Å². The third-order valence-electron chi connectivity index (χ3n) is 1.78. The fourth-order valence-corrected chi connectivity index (χ4v) is 1.33. The summed E-state index contributed by atoms with van der Waals surface area (Å²) in [5.74, 6) is 0.592. The van der Waals surface area contributed by atoms with Crippen LogP contribution >= 0.6 is 12.2 Å². The van der Waals surface area contributed by atoms with E-state index in [9.17, 15) is 0 Å². The van der Waals surface area contributed by atoms with E-state index in [1.165, 1.54) is 0 Å². The van der Waals surface area contributed by atoms with Gasteiger partial charge in [0.15, 0.2) is 0 Å². The van der Waals surface area contributed by atoms with Crippen molar-refractivity contribution in [2.45, 2.75) is 13.0 Å². The fourth-order valence-electron chi connectivity index (χ4n) is 1.16. The fraction of sp³-hybridized carbons (Fsp3) is 0.400. The normalized spacial score (nSPS) is 12.1. The summed E-state index contributed by atoms with van der Waals surface area (Å²) in [5, 5.41) is 0. The number of aromatic nitrogens is 1. The van der Waals surface area contributed by atoms with Gasteiger partial charge in [0.1, 0.15) is 16.8 Å². The molecule has 0 fully saturated rings. The molecule has 4 nitrogen and oxygen atoms in total. The summed E-state index contributed by atoms with van der Waals surface area (Å²) < 4.78 is 10.6. The number of thiocarbonyl (C=S) groups is 1. The maximum absolute atomic E-state index is 5.59. The van der Waals surface area contributed by atoms with E-state index in [0.29, 0.717) is 22.9 Å². The zero-order valence-electron chi connectivity index (χ0n) is 8.77. The van der Waals surface area contributed by atoms with Crippen LogP contribution < -0.4 is 10.5 Å². The van der Waals surface area contributed by atoms with E-state index in [0.717, 1.165) is 0 Å². The van der Waals surface area contributed by atoms with E-state index >= 15 is 0 Å². The largest absolute Gasteiger partial charge is 0.486 e. The first-order valence-electron chi connectivity index (χ1n) is 4.54. The van der Waals surface area contributed by atoms with Crippen LogP contribution in [0.15, 0.2) is 18.5 Å². The maximum atomic E-state index is 5.59. The molecule has 0 amide bonds. The van der Waals surface area contributed by atoms with Gasteiger partial charge < -0.3 is 15.2 Å². The van der Waals surface area contributed by atoms with Crippen LogP contribution in [-0.2, 0) is 4.74 Å². The molecule has 0 aliphatic carbocycles. The number of hydrogen-bond acceptors (Lipinski definition) is 4. The summed E-state index contributed by atoms with van der Waals surface area (Å²) in [4.78, 5) is 4.26. The molecule has 1 unspecified atom stereocenters. The van der Waals surface area contributed by atoms with Crippen molar-refractivity contribution in [3.05, 3.63) is 24.0 Å². The molecule has 2 N–H and O–H groups in total. The van der Waals surface area contributed by atoms with Crippen LogP contribution in [0.1, 0.15) is 12.5 Å². The van der Waals surface area contributed by atoms with Crippen LogP contribution in [0.25, 0.3) is 0 Å². The van der Waals surface area contributed by atoms with Crippen molar-refractivity contribution in [2.75, 3.05) is 13.7 Å². The second-order valence-corrected chi connectivity index (χ2v) is 3.56. The lowest BCUT2D eigenvalue weighted by molar-refractivity contribution is 0.0917. The summed E-state index contributed by atoms with van der Waals surface area (Å²) in [6.07, 6.45) is 3.16. The van der Waals surface area contributed by atoms with E-state index < -0.39 is 0 Å². The van der Waals surface area contributed by atoms with Crippen LogP contribution in [-0.4, -0.2) is 29.8 Å². The molecule has 1 aromatic rings. The third kappa shape index (κ3) is 3.45. The van der Waals surface area contributed by atoms with Gasteiger partial charge in [0.05, 0.1) is 18.4 Å². The van der Waals surface area contributed by atoms with Gasteiger partial charge in [-0.3, -0.25) is 4.98 Å². The van der Waals surface area contributed by atoms with Gasteiger partial charge in [-0.25, -0.2) is 0 Å². The molecule has 1 rings (SSSR count). The van der Waals surface area contributed by atoms with Gasteiger partial charge in [-0.1, -0.05) is 12.2 Å². The van der Waals surface area contributed by atoms with Crippen molar-refractivity contribution >= 4 is 17.2 Å². The van der Waals surface area contributed by atoms with E-state index in [1.807, 2.05) is 6.92 Å². The summed E-state index contributed by atoms with van der Waals surface area (Å²) in [6.45, 7) is 2.41. The lowest BCUT2D eigenvalue weighted by atomic mass is 10.2. The average Bonchev–Trinajstić information content (AvgIpc) is 2.18. The molecule has 0 saturated carbocycles. The molecular weight excluding hydrogens is 212 g/mol. The van der Waals surface area contributed by atoms with E-state index in [4.69, 9.17) is 27.4 Å². The van der Waals surface area contributed by atoms with Crippen molar-refractivity contribution in [1.29, 1.82) is 0 Å². The Hall–Kier alpha value is -1.20. The standard InChI is InChI=1S/C10H14N2O2S/c1-7(6-13-2)14-9-5-12-4-3-8(9)10(11)15/h3-5,7H,6H2,1-2H3,(H2,11,15). The predicted octanol–water partition coefficient (Wildman–Crippen LogP) is 1.13. The monoisotopic (exact) mass is 226 g/mol. The van der Waals surface area contributed by atoms with Crippen molar-refractivity contribution < 1.29 is 9.47 Å². The smallest absolute Gasteiger partial charge is 0.148 e. The molecule has 0 spiro atoms. The number of methoxy groups -OCH3 is 1. The molecule has 15 heavy (non-hydrogen) atoms. The first-order valence-corrected chi connectivity index (χ1v) is 4.95. The van der Waals surface area contributed by atoms with Crippen LogP contribution in [0.2, 0.25) is 0 Å². The second-order valence-electron chi connectivity index (χ2n) is 3.12. The lowest BCUT2D eigenvalue weighted by Gasteiger charge is -2.15. The van der Waals surface area contributed by atoms with E-state index in [2.05, 4.69) is 4.98 Å². The topological polar surface area (TPSA) is 57.4 Å². The minimum absolute atomic E-state index is 0.0627. The molecule has 5 heteroatoms. The molecule has 1 aromatic heterocycles. The predicted molar refractivity (Wildman–Crippen MR) is 62.1 cm³/mol. The molecule has 0 bridgehead atoms. The van der Waals surface area contributed by atoms with Crippen LogP contribution in [0, 0.1) is 0 Å². The highest BCUT2D eigenvalue weighted by molar-refractivity contribution is 7.80. The Kier molecular flexibility index (Phi) is 4.45. The van der Waals surface area contributed by atoms with Crippen molar-refractivity contribution in [3.63, 3.8) is 0 Å².